The maximum Gasteiger partial charge on any atom is 0.0623 e. The van der Waals surface area contributed by atoms with E-state index in [-0.39, 0.29) is 0 Å². The normalized spacial score (nSPS) is 28.6. The van der Waals surface area contributed by atoms with Gasteiger partial charge in [-0.05, 0) is 26.7 Å². The van der Waals surface area contributed by atoms with Crippen molar-refractivity contribution >= 4 is 0 Å². The van der Waals surface area contributed by atoms with Gasteiger partial charge in [0.15, 0.2) is 0 Å². The first kappa shape index (κ1) is 11.0. The summed E-state index contributed by atoms with van der Waals surface area (Å²) in [6, 6.07) is 1.06. The lowest BCUT2D eigenvalue weighted by atomic mass is 10.2. The summed E-state index contributed by atoms with van der Waals surface area (Å²) in [7, 11) is 1.75. The SMILES string of the molecule is COCC1CCC(COC(C)C)N1. The van der Waals surface area contributed by atoms with Gasteiger partial charge in [-0.15, -0.1) is 0 Å². The van der Waals surface area contributed by atoms with Crippen LogP contribution >= 0.6 is 0 Å². The van der Waals surface area contributed by atoms with Gasteiger partial charge in [0.1, 0.15) is 0 Å². The minimum atomic E-state index is 0.336. The topological polar surface area (TPSA) is 30.5 Å². The Bertz CT molecular complexity index is 139. The molecule has 1 saturated heterocycles. The zero-order valence-corrected chi connectivity index (χ0v) is 8.88. The molecule has 0 spiro atoms. The van der Waals surface area contributed by atoms with E-state index in [1.807, 2.05) is 0 Å². The Kier molecular flexibility index (Phi) is 4.70. The minimum Gasteiger partial charge on any atom is -0.383 e. The van der Waals surface area contributed by atoms with Gasteiger partial charge in [0.05, 0.1) is 19.3 Å². The molecular formula is C10H21NO2. The number of hydrogen-bond donors (Lipinski definition) is 1. The Labute approximate surface area is 80.8 Å². The summed E-state index contributed by atoms with van der Waals surface area (Å²) in [6.45, 7) is 5.79. The monoisotopic (exact) mass is 187 g/mol. The lowest BCUT2D eigenvalue weighted by Crippen LogP contribution is -2.35. The predicted octanol–water partition coefficient (Wildman–Crippen LogP) is 1.18. The summed E-state index contributed by atoms with van der Waals surface area (Å²) in [5.41, 5.74) is 0. The zero-order valence-electron chi connectivity index (χ0n) is 8.88. The van der Waals surface area contributed by atoms with Crippen LogP contribution in [0.1, 0.15) is 26.7 Å². The van der Waals surface area contributed by atoms with E-state index < -0.39 is 0 Å². The molecule has 3 heteroatoms. The van der Waals surface area contributed by atoms with Gasteiger partial charge in [0.25, 0.3) is 0 Å². The average Bonchev–Trinajstić information content (AvgIpc) is 2.50. The second-order valence-electron chi connectivity index (χ2n) is 3.98. The van der Waals surface area contributed by atoms with Gasteiger partial charge >= 0.3 is 0 Å². The first-order valence-electron chi connectivity index (χ1n) is 5.09. The van der Waals surface area contributed by atoms with Crippen molar-refractivity contribution in [3.05, 3.63) is 0 Å². The molecular weight excluding hydrogens is 166 g/mol. The smallest absolute Gasteiger partial charge is 0.0623 e. The van der Waals surface area contributed by atoms with E-state index in [1.165, 1.54) is 12.8 Å². The van der Waals surface area contributed by atoms with Gasteiger partial charge in [-0.25, -0.2) is 0 Å². The summed E-state index contributed by atoms with van der Waals surface area (Å²) in [6.07, 6.45) is 2.75. The fraction of sp³-hybridized carbons (Fsp3) is 1.00. The lowest BCUT2D eigenvalue weighted by molar-refractivity contribution is 0.0627. The van der Waals surface area contributed by atoms with E-state index in [4.69, 9.17) is 9.47 Å². The molecule has 0 aromatic heterocycles. The van der Waals surface area contributed by atoms with Gasteiger partial charge in [0.2, 0.25) is 0 Å². The lowest BCUT2D eigenvalue weighted by Gasteiger charge is -2.15. The van der Waals surface area contributed by atoms with Crippen molar-refractivity contribution in [2.75, 3.05) is 20.3 Å². The Morgan fingerprint density at radius 3 is 2.38 bits per heavy atom. The van der Waals surface area contributed by atoms with Crippen molar-refractivity contribution in [2.45, 2.75) is 44.9 Å². The quantitative estimate of drug-likeness (QED) is 0.701. The number of hydrogen-bond acceptors (Lipinski definition) is 3. The Morgan fingerprint density at radius 2 is 1.85 bits per heavy atom. The standard InChI is InChI=1S/C10H21NO2/c1-8(2)13-7-10-5-4-9(11-10)6-12-3/h8-11H,4-7H2,1-3H3. The predicted molar refractivity (Wildman–Crippen MR) is 52.9 cm³/mol. The van der Waals surface area contributed by atoms with Crippen LogP contribution in [0.4, 0.5) is 0 Å². The molecule has 2 unspecified atom stereocenters. The highest BCUT2D eigenvalue weighted by Crippen LogP contribution is 2.13. The van der Waals surface area contributed by atoms with Crippen molar-refractivity contribution in [1.29, 1.82) is 0 Å². The van der Waals surface area contributed by atoms with E-state index in [1.54, 1.807) is 7.11 Å². The van der Waals surface area contributed by atoms with Gasteiger partial charge in [-0.3, -0.25) is 0 Å². The molecule has 1 heterocycles. The summed E-state index contributed by atoms with van der Waals surface area (Å²) in [5.74, 6) is 0. The molecule has 0 aliphatic carbocycles. The summed E-state index contributed by atoms with van der Waals surface area (Å²) in [4.78, 5) is 0. The van der Waals surface area contributed by atoms with Crippen molar-refractivity contribution in [1.82, 2.24) is 5.32 Å². The fourth-order valence-corrected chi connectivity index (χ4v) is 1.68. The van der Waals surface area contributed by atoms with E-state index >= 15 is 0 Å². The third-order valence-electron chi connectivity index (χ3n) is 2.33. The molecule has 0 radical (unpaired) electrons. The molecule has 2 atom stereocenters. The van der Waals surface area contributed by atoms with Gasteiger partial charge in [-0.2, -0.15) is 0 Å². The third-order valence-corrected chi connectivity index (χ3v) is 2.33. The molecule has 1 rings (SSSR count). The molecule has 0 aromatic rings. The Hall–Kier alpha value is -0.120. The second kappa shape index (κ2) is 5.58. The average molecular weight is 187 g/mol. The van der Waals surface area contributed by atoms with Crippen LogP contribution in [-0.2, 0) is 9.47 Å². The van der Waals surface area contributed by atoms with Gasteiger partial charge < -0.3 is 14.8 Å². The molecule has 3 nitrogen and oxygen atoms in total. The van der Waals surface area contributed by atoms with Crippen LogP contribution < -0.4 is 5.32 Å². The maximum absolute atomic E-state index is 5.55. The van der Waals surface area contributed by atoms with Crippen LogP contribution in [-0.4, -0.2) is 38.5 Å². The highest BCUT2D eigenvalue weighted by molar-refractivity contribution is 4.83. The Morgan fingerprint density at radius 1 is 1.23 bits per heavy atom. The molecule has 1 aliphatic rings. The highest BCUT2D eigenvalue weighted by atomic mass is 16.5. The van der Waals surface area contributed by atoms with Crippen molar-refractivity contribution in [3.8, 4) is 0 Å². The van der Waals surface area contributed by atoms with Crippen LogP contribution in [0.15, 0.2) is 0 Å². The van der Waals surface area contributed by atoms with Gasteiger partial charge in [-0.1, -0.05) is 0 Å². The second-order valence-corrected chi connectivity index (χ2v) is 3.98. The maximum atomic E-state index is 5.55. The molecule has 78 valence electrons. The van der Waals surface area contributed by atoms with E-state index in [9.17, 15) is 0 Å². The highest BCUT2D eigenvalue weighted by Gasteiger charge is 2.23. The van der Waals surface area contributed by atoms with Crippen LogP contribution in [0.5, 0.6) is 0 Å². The summed E-state index contributed by atoms with van der Waals surface area (Å²) in [5, 5.41) is 3.50. The van der Waals surface area contributed by atoms with E-state index in [0.29, 0.717) is 18.2 Å². The first-order valence-corrected chi connectivity index (χ1v) is 5.09. The number of rotatable bonds is 5. The summed E-state index contributed by atoms with van der Waals surface area (Å²) >= 11 is 0. The molecule has 13 heavy (non-hydrogen) atoms. The molecule has 0 aromatic carbocycles. The van der Waals surface area contributed by atoms with Crippen molar-refractivity contribution in [3.63, 3.8) is 0 Å². The van der Waals surface area contributed by atoms with Crippen LogP contribution in [0.3, 0.4) is 0 Å². The van der Waals surface area contributed by atoms with Crippen LogP contribution in [0, 0.1) is 0 Å². The Balaban J connectivity index is 2.10. The minimum absolute atomic E-state index is 0.336. The fourth-order valence-electron chi connectivity index (χ4n) is 1.68. The first-order chi connectivity index (χ1) is 6.22. The van der Waals surface area contributed by atoms with Gasteiger partial charge in [0, 0.05) is 19.2 Å². The van der Waals surface area contributed by atoms with E-state index in [0.717, 1.165) is 13.2 Å². The molecule has 0 bridgehead atoms. The van der Waals surface area contributed by atoms with Crippen molar-refractivity contribution in [2.24, 2.45) is 0 Å². The van der Waals surface area contributed by atoms with Crippen molar-refractivity contribution < 1.29 is 9.47 Å². The molecule has 1 aliphatic heterocycles. The largest absolute Gasteiger partial charge is 0.383 e. The molecule has 1 N–H and O–H groups in total. The molecule has 1 fully saturated rings. The number of nitrogens with one attached hydrogen (secondary N) is 1. The van der Waals surface area contributed by atoms with Crippen LogP contribution in [0.2, 0.25) is 0 Å². The number of ether oxygens (including phenoxy) is 2. The van der Waals surface area contributed by atoms with E-state index in [2.05, 4.69) is 19.2 Å². The molecule has 0 amide bonds. The molecule has 0 saturated carbocycles. The number of methoxy groups -OCH3 is 1. The van der Waals surface area contributed by atoms with Crippen LogP contribution in [0.25, 0.3) is 0 Å². The summed E-state index contributed by atoms with van der Waals surface area (Å²) < 4.78 is 10.6. The zero-order chi connectivity index (χ0) is 9.68. The third kappa shape index (κ3) is 4.07.